The van der Waals surface area contributed by atoms with Gasteiger partial charge < -0.3 is 19.9 Å². The van der Waals surface area contributed by atoms with Crippen LogP contribution in [0.1, 0.15) is 19.2 Å². The first kappa shape index (κ1) is 16.7. The van der Waals surface area contributed by atoms with Crippen LogP contribution in [0.25, 0.3) is 11.3 Å². The lowest BCUT2D eigenvalue weighted by molar-refractivity contribution is -0.156. The van der Waals surface area contributed by atoms with Crippen molar-refractivity contribution in [1.82, 2.24) is 10.3 Å². The molecule has 122 valence electrons. The van der Waals surface area contributed by atoms with Crippen LogP contribution in [0.2, 0.25) is 0 Å². The number of amides is 1. The maximum atomic E-state index is 11.7. The number of nitrogens with one attached hydrogen (secondary N) is 1. The molecule has 0 saturated carbocycles. The molecule has 1 aromatic heterocycles. The second-order valence-electron chi connectivity index (χ2n) is 5.34. The van der Waals surface area contributed by atoms with Gasteiger partial charge in [0, 0.05) is 18.4 Å². The molecule has 3 N–H and O–H groups in total. The molecule has 7 nitrogen and oxygen atoms in total. The maximum Gasteiger partial charge on any atom is 0.337 e. The molecule has 1 heterocycles. The van der Waals surface area contributed by atoms with E-state index < -0.39 is 11.6 Å². The van der Waals surface area contributed by atoms with Gasteiger partial charge in [-0.2, -0.15) is 0 Å². The third-order valence-electron chi connectivity index (χ3n) is 3.27. The van der Waals surface area contributed by atoms with Gasteiger partial charge in [-0.05, 0) is 6.92 Å². The van der Waals surface area contributed by atoms with Crippen LogP contribution in [-0.4, -0.2) is 39.2 Å². The van der Waals surface area contributed by atoms with Crippen molar-refractivity contribution in [3.05, 3.63) is 42.4 Å². The molecular formula is C16H18N2O5. The number of aromatic nitrogens is 1. The normalized spacial score (nSPS) is 13.3. The Labute approximate surface area is 133 Å². The molecular weight excluding hydrogens is 300 g/mol. The number of carboxylic acids is 1. The molecule has 0 aliphatic carbocycles. The molecule has 0 aliphatic heterocycles. The topological polar surface area (TPSA) is 113 Å². The second kappa shape index (κ2) is 7.06. The van der Waals surface area contributed by atoms with E-state index in [4.69, 9.17) is 9.52 Å². The van der Waals surface area contributed by atoms with Crippen LogP contribution in [0.5, 0.6) is 0 Å². The number of aryl methyl sites for hydroxylation is 1. The highest BCUT2D eigenvalue weighted by Gasteiger charge is 2.30. The fourth-order valence-electron chi connectivity index (χ4n) is 1.82. The minimum absolute atomic E-state index is 0.0877. The van der Waals surface area contributed by atoms with Crippen molar-refractivity contribution >= 4 is 11.9 Å². The van der Waals surface area contributed by atoms with Crippen LogP contribution in [0.3, 0.4) is 0 Å². The van der Waals surface area contributed by atoms with Crippen molar-refractivity contribution < 1.29 is 24.2 Å². The summed E-state index contributed by atoms with van der Waals surface area (Å²) in [7, 11) is 0. The molecule has 0 bridgehead atoms. The Hall–Kier alpha value is -2.67. The number of hydrogen-bond donors (Lipinski definition) is 3. The van der Waals surface area contributed by atoms with Gasteiger partial charge in [0.1, 0.15) is 0 Å². The molecule has 1 unspecified atom stereocenters. The first-order valence-electron chi connectivity index (χ1n) is 7.11. The van der Waals surface area contributed by atoms with E-state index in [2.05, 4.69) is 10.3 Å². The molecule has 0 spiro atoms. The van der Waals surface area contributed by atoms with E-state index in [1.807, 2.05) is 30.3 Å². The van der Waals surface area contributed by atoms with Crippen LogP contribution >= 0.6 is 0 Å². The number of rotatable bonds is 7. The molecule has 1 amide bonds. The second-order valence-corrected chi connectivity index (χ2v) is 5.34. The van der Waals surface area contributed by atoms with Crippen molar-refractivity contribution in [2.45, 2.75) is 25.4 Å². The van der Waals surface area contributed by atoms with Crippen molar-refractivity contribution in [3.8, 4) is 11.3 Å². The van der Waals surface area contributed by atoms with Crippen LogP contribution in [-0.2, 0) is 16.0 Å². The summed E-state index contributed by atoms with van der Waals surface area (Å²) in [5.74, 6) is -0.734. The zero-order chi connectivity index (χ0) is 16.9. The largest absolute Gasteiger partial charge is 0.479 e. The summed E-state index contributed by atoms with van der Waals surface area (Å²) in [5.41, 5.74) is -1.09. The number of benzene rings is 1. The van der Waals surface area contributed by atoms with Crippen molar-refractivity contribution in [3.63, 3.8) is 0 Å². The molecule has 1 aromatic carbocycles. The summed E-state index contributed by atoms with van der Waals surface area (Å²) >= 11 is 0. The molecule has 2 aromatic rings. The van der Waals surface area contributed by atoms with Crippen molar-refractivity contribution in [1.29, 1.82) is 0 Å². The monoisotopic (exact) mass is 318 g/mol. The molecule has 7 heteroatoms. The lowest BCUT2D eigenvalue weighted by atomic mass is 10.1. The third kappa shape index (κ3) is 4.65. The van der Waals surface area contributed by atoms with Gasteiger partial charge in [0.25, 0.3) is 0 Å². The fourth-order valence-corrected chi connectivity index (χ4v) is 1.82. The lowest BCUT2D eigenvalue weighted by Gasteiger charge is -2.18. The van der Waals surface area contributed by atoms with Crippen LogP contribution in [0.15, 0.2) is 40.9 Å². The predicted octanol–water partition coefficient (Wildman–Crippen LogP) is 1.23. The van der Waals surface area contributed by atoms with Gasteiger partial charge in [-0.15, -0.1) is 0 Å². The zero-order valence-electron chi connectivity index (χ0n) is 12.7. The van der Waals surface area contributed by atoms with E-state index in [9.17, 15) is 14.7 Å². The Balaban J connectivity index is 1.84. The SMILES string of the molecule is CC(O)(CNC(=O)CCc1ncc(-c2ccccc2)o1)C(=O)O. The first-order valence-corrected chi connectivity index (χ1v) is 7.11. The van der Waals surface area contributed by atoms with E-state index in [0.29, 0.717) is 11.7 Å². The van der Waals surface area contributed by atoms with Gasteiger partial charge in [0.05, 0.1) is 12.7 Å². The highest BCUT2D eigenvalue weighted by Crippen LogP contribution is 2.20. The number of carbonyl (C=O) groups is 2. The number of aliphatic carboxylic acids is 1. The van der Waals surface area contributed by atoms with Crippen molar-refractivity contribution in [2.75, 3.05) is 6.54 Å². The van der Waals surface area contributed by atoms with Crippen LogP contribution in [0.4, 0.5) is 0 Å². The minimum Gasteiger partial charge on any atom is -0.479 e. The summed E-state index contributed by atoms with van der Waals surface area (Å²) in [5, 5.41) is 20.6. The smallest absolute Gasteiger partial charge is 0.337 e. The summed E-state index contributed by atoms with van der Waals surface area (Å²) in [6.07, 6.45) is 1.97. The van der Waals surface area contributed by atoms with Gasteiger partial charge in [0.15, 0.2) is 17.3 Å². The zero-order valence-corrected chi connectivity index (χ0v) is 12.7. The Morgan fingerprint density at radius 2 is 2.00 bits per heavy atom. The molecule has 0 fully saturated rings. The molecule has 1 atom stereocenters. The summed E-state index contributed by atoms with van der Waals surface area (Å²) < 4.78 is 5.57. The van der Waals surface area contributed by atoms with E-state index in [0.717, 1.165) is 12.5 Å². The van der Waals surface area contributed by atoms with E-state index in [-0.39, 0.29) is 25.3 Å². The number of hydrogen-bond acceptors (Lipinski definition) is 5. The van der Waals surface area contributed by atoms with Crippen molar-refractivity contribution in [2.24, 2.45) is 0 Å². The average Bonchev–Trinajstić information content (AvgIpc) is 3.01. The van der Waals surface area contributed by atoms with Crippen LogP contribution < -0.4 is 5.32 Å². The molecule has 0 aliphatic rings. The Morgan fingerprint density at radius 3 is 2.65 bits per heavy atom. The number of aliphatic hydroxyl groups is 1. The van der Waals surface area contributed by atoms with E-state index in [1.165, 1.54) is 0 Å². The predicted molar refractivity (Wildman–Crippen MR) is 81.5 cm³/mol. The summed E-state index contributed by atoms with van der Waals surface area (Å²) in [6.45, 7) is 0.762. The number of carbonyl (C=O) groups excluding carboxylic acids is 1. The van der Waals surface area contributed by atoms with E-state index >= 15 is 0 Å². The average molecular weight is 318 g/mol. The van der Waals surface area contributed by atoms with Gasteiger partial charge in [-0.3, -0.25) is 4.79 Å². The minimum atomic E-state index is -1.99. The van der Waals surface area contributed by atoms with Gasteiger partial charge >= 0.3 is 5.97 Å². The standard InChI is InChI=1S/C16H18N2O5/c1-16(22,15(20)21)10-18-13(19)7-8-14-17-9-12(23-14)11-5-3-2-4-6-11/h2-6,9,22H,7-8,10H2,1H3,(H,18,19)(H,20,21). The number of carboxylic acid groups (broad SMARTS) is 1. The number of oxazole rings is 1. The maximum absolute atomic E-state index is 11.7. The van der Waals surface area contributed by atoms with Crippen LogP contribution in [0, 0.1) is 0 Å². The lowest BCUT2D eigenvalue weighted by Crippen LogP contribution is -2.46. The first-order chi connectivity index (χ1) is 10.9. The van der Waals surface area contributed by atoms with Gasteiger partial charge in [-0.25, -0.2) is 9.78 Å². The molecule has 0 radical (unpaired) electrons. The Bertz CT molecular complexity index is 679. The highest BCUT2D eigenvalue weighted by molar-refractivity contribution is 5.80. The molecule has 23 heavy (non-hydrogen) atoms. The highest BCUT2D eigenvalue weighted by atomic mass is 16.4. The van der Waals surface area contributed by atoms with E-state index in [1.54, 1.807) is 6.20 Å². The van der Waals surface area contributed by atoms with Gasteiger partial charge in [-0.1, -0.05) is 30.3 Å². The van der Waals surface area contributed by atoms with Gasteiger partial charge in [0.2, 0.25) is 5.91 Å². The summed E-state index contributed by atoms with van der Waals surface area (Å²) in [4.78, 5) is 26.5. The summed E-state index contributed by atoms with van der Waals surface area (Å²) in [6, 6.07) is 9.46. The quantitative estimate of drug-likeness (QED) is 0.707. The third-order valence-corrected chi connectivity index (χ3v) is 3.27. The molecule has 2 rings (SSSR count). The number of nitrogens with zero attached hydrogens (tertiary/aromatic N) is 1. The Morgan fingerprint density at radius 1 is 1.30 bits per heavy atom. The molecule has 0 saturated heterocycles. The fraction of sp³-hybridized carbons (Fsp3) is 0.312. The Kier molecular flexibility index (Phi) is 5.13.